The molecule has 0 unspecified atom stereocenters. The number of hydrogen-bond acceptors (Lipinski definition) is 4. The van der Waals surface area contributed by atoms with E-state index in [0.717, 1.165) is 10.5 Å². The SMILES string of the molecule is COc1ccccc1C[C@@]1(C)NC(=O)N(CC(=O)Nc2cccc(Cl)c2)C1=O. The minimum absolute atomic E-state index is 0.244. The second kappa shape index (κ2) is 7.90. The predicted octanol–water partition coefficient (Wildman–Crippen LogP) is 2.84. The van der Waals surface area contributed by atoms with Gasteiger partial charge in [0.2, 0.25) is 5.91 Å². The van der Waals surface area contributed by atoms with Crippen molar-refractivity contribution in [1.29, 1.82) is 0 Å². The molecule has 2 aromatic rings. The van der Waals surface area contributed by atoms with Gasteiger partial charge in [0.05, 0.1) is 7.11 Å². The lowest BCUT2D eigenvalue weighted by Gasteiger charge is -2.22. The lowest BCUT2D eigenvalue weighted by molar-refractivity contribution is -0.133. The molecule has 0 saturated carbocycles. The van der Waals surface area contributed by atoms with E-state index in [-0.39, 0.29) is 6.42 Å². The van der Waals surface area contributed by atoms with Gasteiger partial charge in [-0.15, -0.1) is 0 Å². The molecule has 1 atom stereocenters. The summed E-state index contributed by atoms with van der Waals surface area (Å²) in [7, 11) is 1.54. The molecule has 1 saturated heterocycles. The van der Waals surface area contributed by atoms with Crippen LogP contribution in [0.4, 0.5) is 10.5 Å². The minimum Gasteiger partial charge on any atom is -0.496 e. The number of rotatable bonds is 6. The van der Waals surface area contributed by atoms with Crippen molar-refractivity contribution in [3.63, 3.8) is 0 Å². The first-order chi connectivity index (χ1) is 13.3. The second-order valence-corrected chi connectivity index (χ2v) is 7.14. The Morgan fingerprint density at radius 3 is 2.68 bits per heavy atom. The van der Waals surface area contributed by atoms with Crippen molar-refractivity contribution >= 4 is 35.1 Å². The maximum absolute atomic E-state index is 12.9. The van der Waals surface area contributed by atoms with Gasteiger partial charge in [0.25, 0.3) is 5.91 Å². The third-order valence-corrected chi connectivity index (χ3v) is 4.73. The van der Waals surface area contributed by atoms with Crippen LogP contribution in [0.1, 0.15) is 12.5 Å². The number of carbonyl (C=O) groups is 3. The molecule has 8 heteroatoms. The first kappa shape index (κ1) is 19.7. The molecule has 1 aliphatic rings. The Kier molecular flexibility index (Phi) is 5.56. The molecular weight excluding hydrogens is 382 g/mol. The quantitative estimate of drug-likeness (QED) is 0.728. The Balaban J connectivity index is 1.71. The van der Waals surface area contributed by atoms with E-state index in [1.54, 1.807) is 44.4 Å². The number of imide groups is 1. The monoisotopic (exact) mass is 401 g/mol. The number of amides is 4. The standard InChI is InChI=1S/C20H20ClN3O4/c1-20(11-13-6-3-4-9-16(13)28-2)18(26)24(19(27)23-20)12-17(25)22-15-8-5-7-14(21)10-15/h3-10H,11-12H2,1-2H3,(H,22,25)(H,23,27)/t20-/m1/s1. The van der Waals surface area contributed by atoms with Gasteiger partial charge in [0, 0.05) is 17.1 Å². The summed E-state index contributed by atoms with van der Waals surface area (Å²) in [6.45, 7) is 1.24. The lowest BCUT2D eigenvalue weighted by Crippen LogP contribution is -2.46. The van der Waals surface area contributed by atoms with Gasteiger partial charge >= 0.3 is 6.03 Å². The Hall–Kier alpha value is -3.06. The zero-order valence-electron chi connectivity index (χ0n) is 15.5. The molecule has 2 aromatic carbocycles. The lowest BCUT2D eigenvalue weighted by atomic mass is 9.92. The van der Waals surface area contributed by atoms with Crippen molar-refractivity contribution in [2.24, 2.45) is 0 Å². The zero-order chi connectivity index (χ0) is 20.3. The molecule has 0 aromatic heterocycles. The molecule has 4 amide bonds. The summed E-state index contributed by atoms with van der Waals surface area (Å²) in [6, 6.07) is 13.3. The fourth-order valence-corrected chi connectivity index (χ4v) is 3.34. The molecule has 146 valence electrons. The number of ether oxygens (including phenoxy) is 1. The van der Waals surface area contributed by atoms with Crippen molar-refractivity contribution in [3.8, 4) is 5.75 Å². The average molecular weight is 402 g/mol. The number of hydrogen-bond donors (Lipinski definition) is 2. The molecule has 7 nitrogen and oxygen atoms in total. The molecule has 1 heterocycles. The third-order valence-electron chi connectivity index (χ3n) is 4.49. The van der Waals surface area contributed by atoms with Gasteiger partial charge in [-0.25, -0.2) is 4.79 Å². The van der Waals surface area contributed by atoms with Gasteiger partial charge in [-0.2, -0.15) is 0 Å². The number of halogens is 1. The molecule has 0 bridgehead atoms. The van der Waals surface area contributed by atoms with Gasteiger partial charge in [0.15, 0.2) is 0 Å². The van der Waals surface area contributed by atoms with E-state index in [2.05, 4.69) is 10.6 Å². The molecule has 0 radical (unpaired) electrons. The summed E-state index contributed by atoms with van der Waals surface area (Å²) >= 11 is 5.89. The molecular formula is C20H20ClN3O4. The van der Waals surface area contributed by atoms with E-state index in [4.69, 9.17) is 16.3 Å². The van der Waals surface area contributed by atoms with Gasteiger partial charge in [0.1, 0.15) is 17.8 Å². The van der Waals surface area contributed by atoms with Crippen LogP contribution in [-0.2, 0) is 16.0 Å². The molecule has 28 heavy (non-hydrogen) atoms. The maximum atomic E-state index is 12.9. The van der Waals surface area contributed by atoms with Crippen LogP contribution >= 0.6 is 11.6 Å². The third kappa shape index (κ3) is 4.09. The number of anilines is 1. The van der Waals surface area contributed by atoms with Gasteiger partial charge in [-0.1, -0.05) is 35.9 Å². The highest BCUT2D eigenvalue weighted by Crippen LogP contribution is 2.27. The molecule has 0 aliphatic carbocycles. The fourth-order valence-electron chi connectivity index (χ4n) is 3.15. The average Bonchev–Trinajstić information content (AvgIpc) is 2.85. The molecule has 3 rings (SSSR count). The Morgan fingerprint density at radius 2 is 1.96 bits per heavy atom. The van der Waals surface area contributed by atoms with Crippen LogP contribution in [0.2, 0.25) is 5.02 Å². The first-order valence-electron chi connectivity index (χ1n) is 8.64. The van der Waals surface area contributed by atoms with Crippen LogP contribution in [0, 0.1) is 0 Å². The largest absolute Gasteiger partial charge is 0.496 e. The van der Waals surface area contributed by atoms with Crippen LogP contribution in [0.5, 0.6) is 5.75 Å². The smallest absolute Gasteiger partial charge is 0.325 e. The number of nitrogens with zero attached hydrogens (tertiary/aromatic N) is 1. The summed E-state index contributed by atoms with van der Waals surface area (Å²) in [5, 5.41) is 5.79. The van der Waals surface area contributed by atoms with Crippen LogP contribution in [-0.4, -0.2) is 41.9 Å². The number of methoxy groups -OCH3 is 1. The van der Waals surface area contributed by atoms with E-state index in [1.807, 2.05) is 18.2 Å². The molecule has 2 N–H and O–H groups in total. The normalized spacial score (nSPS) is 18.8. The van der Waals surface area contributed by atoms with E-state index >= 15 is 0 Å². The zero-order valence-corrected chi connectivity index (χ0v) is 16.2. The van der Waals surface area contributed by atoms with Crippen molar-refractivity contribution in [3.05, 3.63) is 59.1 Å². The molecule has 0 spiro atoms. The van der Waals surface area contributed by atoms with Crippen molar-refractivity contribution in [2.75, 3.05) is 19.0 Å². The van der Waals surface area contributed by atoms with Crippen molar-refractivity contribution in [2.45, 2.75) is 18.9 Å². The highest BCUT2D eigenvalue weighted by molar-refractivity contribution is 6.30. The number of para-hydroxylation sites is 1. The summed E-state index contributed by atoms with van der Waals surface area (Å²) in [5.41, 5.74) is 0.106. The summed E-state index contributed by atoms with van der Waals surface area (Å²) in [6.07, 6.45) is 0.244. The highest BCUT2D eigenvalue weighted by Gasteiger charge is 2.48. The van der Waals surface area contributed by atoms with E-state index < -0.39 is 29.9 Å². The van der Waals surface area contributed by atoms with Crippen LogP contribution in [0.3, 0.4) is 0 Å². The Labute approximate surface area is 167 Å². The van der Waals surface area contributed by atoms with E-state index in [1.165, 1.54) is 0 Å². The Bertz CT molecular complexity index is 933. The Morgan fingerprint density at radius 1 is 1.21 bits per heavy atom. The van der Waals surface area contributed by atoms with Crippen LogP contribution in [0.15, 0.2) is 48.5 Å². The molecule has 1 aliphatic heterocycles. The van der Waals surface area contributed by atoms with Gasteiger partial charge in [-0.05, 0) is 36.8 Å². The van der Waals surface area contributed by atoms with Crippen molar-refractivity contribution < 1.29 is 19.1 Å². The fraction of sp³-hybridized carbons (Fsp3) is 0.250. The maximum Gasteiger partial charge on any atom is 0.325 e. The summed E-state index contributed by atoms with van der Waals surface area (Å²) in [4.78, 5) is 38.4. The van der Waals surface area contributed by atoms with E-state index in [9.17, 15) is 14.4 Å². The number of benzene rings is 2. The summed E-state index contributed by atoms with van der Waals surface area (Å²) in [5.74, 6) is -0.333. The van der Waals surface area contributed by atoms with E-state index in [0.29, 0.717) is 16.5 Å². The van der Waals surface area contributed by atoms with Gasteiger partial charge < -0.3 is 15.4 Å². The summed E-state index contributed by atoms with van der Waals surface area (Å²) < 4.78 is 5.32. The predicted molar refractivity (Wildman–Crippen MR) is 105 cm³/mol. The first-order valence-corrected chi connectivity index (χ1v) is 9.01. The second-order valence-electron chi connectivity index (χ2n) is 6.70. The highest BCUT2D eigenvalue weighted by atomic mass is 35.5. The number of carbonyl (C=O) groups excluding carboxylic acids is 3. The van der Waals surface area contributed by atoms with Crippen LogP contribution < -0.4 is 15.4 Å². The van der Waals surface area contributed by atoms with Gasteiger partial charge in [-0.3, -0.25) is 14.5 Å². The number of nitrogens with one attached hydrogen (secondary N) is 2. The topological polar surface area (TPSA) is 87.7 Å². The molecule has 1 fully saturated rings. The number of urea groups is 1. The minimum atomic E-state index is -1.16. The van der Waals surface area contributed by atoms with Crippen molar-refractivity contribution in [1.82, 2.24) is 10.2 Å². The van der Waals surface area contributed by atoms with Crippen LogP contribution in [0.25, 0.3) is 0 Å².